The number of aromatic nitrogens is 2. The monoisotopic (exact) mass is 265 g/mol. The zero-order valence-electron chi connectivity index (χ0n) is 5.23. The standard InChI is InChI=1S/C5H5Br2N3/c1-8-4-2-3(6)9-5(7)10-4/h2H,1H3,(H,8,9,10). The predicted octanol–water partition coefficient (Wildman–Crippen LogP) is 2.04. The van der Waals surface area contributed by atoms with Gasteiger partial charge in [-0.3, -0.25) is 0 Å². The molecule has 0 aliphatic heterocycles. The van der Waals surface area contributed by atoms with Crippen LogP contribution in [0.1, 0.15) is 0 Å². The van der Waals surface area contributed by atoms with Gasteiger partial charge in [-0.1, -0.05) is 0 Å². The number of nitrogens with zero attached hydrogens (tertiary/aromatic N) is 2. The molecule has 0 radical (unpaired) electrons. The van der Waals surface area contributed by atoms with E-state index in [4.69, 9.17) is 0 Å². The number of hydrogen-bond acceptors (Lipinski definition) is 3. The second-order valence-electron chi connectivity index (χ2n) is 1.59. The molecule has 0 aliphatic rings. The smallest absolute Gasteiger partial charge is 0.199 e. The summed E-state index contributed by atoms with van der Waals surface area (Å²) in [6, 6.07) is 1.80. The van der Waals surface area contributed by atoms with Gasteiger partial charge in [-0.05, 0) is 31.9 Å². The number of hydrogen-bond donors (Lipinski definition) is 1. The van der Waals surface area contributed by atoms with Crippen molar-refractivity contribution in [2.75, 3.05) is 12.4 Å². The molecule has 1 aromatic heterocycles. The third-order valence-electron chi connectivity index (χ3n) is 0.924. The topological polar surface area (TPSA) is 37.8 Å². The summed E-state index contributed by atoms with van der Waals surface area (Å²) < 4.78 is 1.34. The largest absolute Gasteiger partial charge is 0.373 e. The molecule has 5 heteroatoms. The quantitative estimate of drug-likeness (QED) is 0.625. The maximum atomic E-state index is 4.02. The first-order chi connectivity index (χ1) is 4.72. The highest BCUT2D eigenvalue weighted by Gasteiger charge is 1.96. The fourth-order valence-electron chi connectivity index (χ4n) is 0.518. The van der Waals surface area contributed by atoms with E-state index in [1.807, 2.05) is 0 Å². The molecule has 3 nitrogen and oxygen atoms in total. The highest BCUT2D eigenvalue weighted by atomic mass is 79.9. The molecular formula is C5H5Br2N3. The molecule has 0 unspecified atom stereocenters. The maximum absolute atomic E-state index is 4.02. The van der Waals surface area contributed by atoms with E-state index in [2.05, 4.69) is 47.1 Å². The Labute approximate surface area is 75.5 Å². The summed E-state index contributed by atoms with van der Waals surface area (Å²) >= 11 is 6.39. The van der Waals surface area contributed by atoms with Crippen LogP contribution < -0.4 is 5.32 Å². The summed E-state index contributed by atoms with van der Waals surface area (Å²) in [5, 5.41) is 2.90. The van der Waals surface area contributed by atoms with Crippen LogP contribution >= 0.6 is 31.9 Å². The summed E-state index contributed by atoms with van der Waals surface area (Å²) in [6.07, 6.45) is 0. The van der Waals surface area contributed by atoms with Gasteiger partial charge in [-0.2, -0.15) is 0 Å². The van der Waals surface area contributed by atoms with Crippen molar-refractivity contribution in [3.05, 3.63) is 15.4 Å². The molecule has 0 atom stereocenters. The van der Waals surface area contributed by atoms with Gasteiger partial charge in [0.05, 0.1) is 0 Å². The van der Waals surface area contributed by atoms with E-state index >= 15 is 0 Å². The van der Waals surface area contributed by atoms with E-state index in [1.54, 1.807) is 13.1 Å². The fraction of sp³-hybridized carbons (Fsp3) is 0.200. The molecule has 0 aliphatic carbocycles. The number of anilines is 1. The van der Waals surface area contributed by atoms with Crippen LogP contribution in [-0.4, -0.2) is 17.0 Å². The van der Waals surface area contributed by atoms with Gasteiger partial charge in [0.2, 0.25) is 0 Å². The summed E-state index contributed by atoms with van der Waals surface area (Å²) in [4.78, 5) is 7.98. The molecule has 0 bridgehead atoms. The highest BCUT2D eigenvalue weighted by Crippen LogP contribution is 2.14. The van der Waals surface area contributed by atoms with E-state index < -0.39 is 0 Å². The molecule has 0 spiro atoms. The molecule has 1 N–H and O–H groups in total. The lowest BCUT2D eigenvalue weighted by molar-refractivity contribution is 1.08. The molecule has 10 heavy (non-hydrogen) atoms. The third kappa shape index (κ3) is 1.91. The Morgan fingerprint density at radius 2 is 2.10 bits per heavy atom. The Bertz CT molecular complexity index is 218. The fourth-order valence-corrected chi connectivity index (χ4v) is 1.52. The second-order valence-corrected chi connectivity index (χ2v) is 3.12. The van der Waals surface area contributed by atoms with Gasteiger partial charge in [0.25, 0.3) is 0 Å². The van der Waals surface area contributed by atoms with Gasteiger partial charge in [-0.25, -0.2) is 9.97 Å². The molecular weight excluding hydrogens is 262 g/mol. The van der Waals surface area contributed by atoms with Crippen molar-refractivity contribution in [3.8, 4) is 0 Å². The Morgan fingerprint density at radius 1 is 1.40 bits per heavy atom. The van der Waals surface area contributed by atoms with Crippen molar-refractivity contribution in [2.24, 2.45) is 0 Å². The van der Waals surface area contributed by atoms with E-state index in [9.17, 15) is 0 Å². The summed E-state index contributed by atoms with van der Waals surface area (Å²) in [5.74, 6) is 0.786. The van der Waals surface area contributed by atoms with Gasteiger partial charge in [0.15, 0.2) is 4.73 Å². The lowest BCUT2D eigenvalue weighted by Crippen LogP contribution is -1.93. The van der Waals surface area contributed by atoms with Crippen molar-refractivity contribution >= 4 is 37.7 Å². The predicted molar refractivity (Wildman–Crippen MR) is 47.0 cm³/mol. The molecule has 1 aromatic rings. The first-order valence-electron chi connectivity index (χ1n) is 2.60. The SMILES string of the molecule is CNc1cc(Br)nc(Br)n1. The number of rotatable bonds is 1. The minimum atomic E-state index is 0.575. The van der Waals surface area contributed by atoms with Crippen molar-refractivity contribution < 1.29 is 0 Å². The van der Waals surface area contributed by atoms with E-state index in [1.165, 1.54) is 0 Å². The highest BCUT2D eigenvalue weighted by molar-refractivity contribution is 9.11. The van der Waals surface area contributed by atoms with Gasteiger partial charge in [0, 0.05) is 13.1 Å². The van der Waals surface area contributed by atoms with Crippen LogP contribution in [-0.2, 0) is 0 Å². The van der Waals surface area contributed by atoms with Crippen LogP contribution in [0.15, 0.2) is 15.4 Å². The number of halogens is 2. The minimum Gasteiger partial charge on any atom is -0.373 e. The minimum absolute atomic E-state index is 0.575. The van der Waals surface area contributed by atoms with Crippen LogP contribution in [0.2, 0.25) is 0 Å². The number of nitrogens with one attached hydrogen (secondary N) is 1. The van der Waals surface area contributed by atoms with Gasteiger partial charge < -0.3 is 5.32 Å². The molecule has 1 rings (SSSR count). The van der Waals surface area contributed by atoms with E-state index in [-0.39, 0.29) is 0 Å². The van der Waals surface area contributed by atoms with Crippen LogP contribution in [0.4, 0.5) is 5.82 Å². The summed E-state index contributed by atoms with van der Waals surface area (Å²) in [7, 11) is 1.81. The Morgan fingerprint density at radius 3 is 2.60 bits per heavy atom. The third-order valence-corrected chi connectivity index (χ3v) is 1.68. The van der Waals surface area contributed by atoms with Crippen LogP contribution in [0.25, 0.3) is 0 Å². The van der Waals surface area contributed by atoms with Crippen molar-refractivity contribution in [3.63, 3.8) is 0 Å². The molecule has 0 amide bonds. The van der Waals surface area contributed by atoms with Crippen LogP contribution in [0, 0.1) is 0 Å². The van der Waals surface area contributed by atoms with Crippen molar-refractivity contribution in [1.82, 2.24) is 9.97 Å². The molecule has 0 aromatic carbocycles. The van der Waals surface area contributed by atoms with Gasteiger partial charge in [0.1, 0.15) is 10.4 Å². The second kappa shape index (κ2) is 3.30. The van der Waals surface area contributed by atoms with Crippen molar-refractivity contribution in [2.45, 2.75) is 0 Å². The summed E-state index contributed by atoms with van der Waals surface area (Å²) in [6.45, 7) is 0. The lowest BCUT2D eigenvalue weighted by atomic mass is 10.6. The zero-order valence-corrected chi connectivity index (χ0v) is 8.40. The maximum Gasteiger partial charge on any atom is 0.199 e. The lowest BCUT2D eigenvalue weighted by Gasteiger charge is -1.98. The van der Waals surface area contributed by atoms with Gasteiger partial charge >= 0.3 is 0 Å². The van der Waals surface area contributed by atoms with Crippen LogP contribution in [0.3, 0.4) is 0 Å². The first kappa shape index (κ1) is 7.94. The normalized spacial score (nSPS) is 9.50. The molecule has 0 saturated carbocycles. The molecule has 0 saturated heterocycles. The van der Waals surface area contributed by atoms with E-state index in [0.29, 0.717) is 4.73 Å². The first-order valence-corrected chi connectivity index (χ1v) is 4.19. The van der Waals surface area contributed by atoms with Gasteiger partial charge in [-0.15, -0.1) is 0 Å². The van der Waals surface area contributed by atoms with E-state index in [0.717, 1.165) is 10.4 Å². The van der Waals surface area contributed by atoms with Crippen molar-refractivity contribution in [1.29, 1.82) is 0 Å². The Hall–Kier alpha value is -0.160. The average molecular weight is 267 g/mol. The molecule has 54 valence electrons. The summed E-state index contributed by atoms with van der Waals surface area (Å²) in [5.41, 5.74) is 0. The van der Waals surface area contributed by atoms with Crippen LogP contribution in [0.5, 0.6) is 0 Å². The Balaban J connectivity index is 3.06. The average Bonchev–Trinajstić information content (AvgIpc) is 1.85. The zero-order chi connectivity index (χ0) is 7.56. The molecule has 0 fully saturated rings. The Kier molecular flexibility index (Phi) is 2.62. The molecule has 1 heterocycles.